The van der Waals surface area contributed by atoms with Crippen LogP contribution in [0.15, 0.2) is 154 Å². The third-order valence-corrected chi connectivity index (χ3v) is 9.20. The van der Waals surface area contributed by atoms with E-state index in [0.29, 0.717) is 22.3 Å². The molecule has 4 heteroatoms. The molecule has 2 aromatic heterocycles. The quantitative estimate of drug-likeness (QED) is 0.198. The van der Waals surface area contributed by atoms with E-state index in [1.165, 1.54) is 0 Å². The molecule has 222 valence electrons. The molecule has 4 nitrogen and oxygen atoms in total. The van der Waals surface area contributed by atoms with Crippen LogP contribution in [0.4, 0.5) is 0 Å². The van der Waals surface area contributed by atoms with Crippen LogP contribution >= 0.6 is 0 Å². The van der Waals surface area contributed by atoms with Crippen LogP contribution in [0.3, 0.4) is 0 Å². The molecule has 0 bridgehead atoms. The van der Waals surface area contributed by atoms with E-state index in [9.17, 15) is 10.5 Å². The minimum atomic E-state index is 0.502. The number of fused-ring (bicyclic) bond motifs is 6. The molecule has 0 fully saturated rings. The molecule has 2 heterocycles. The number of para-hydroxylation sites is 2. The normalized spacial score (nSPS) is 11.3. The van der Waals surface area contributed by atoms with Crippen LogP contribution in [-0.4, -0.2) is 0 Å². The van der Waals surface area contributed by atoms with Crippen molar-refractivity contribution in [1.29, 1.82) is 10.5 Å². The fraction of sp³-hybridized carbons (Fsp3) is 0. The molecule has 0 amide bonds. The number of benzene rings is 7. The second-order valence-corrected chi connectivity index (χ2v) is 11.9. The highest BCUT2D eigenvalue weighted by Gasteiger charge is 2.21. The Morgan fingerprint density at radius 3 is 1.52 bits per heavy atom. The summed E-state index contributed by atoms with van der Waals surface area (Å²) in [5, 5.41) is 25.5. The second kappa shape index (κ2) is 10.9. The van der Waals surface area contributed by atoms with Crippen molar-refractivity contribution in [2.24, 2.45) is 0 Å². The van der Waals surface area contributed by atoms with Gasteiger partial charge in [0.1, 0.15) is 34.5 Å². The summed E-state index contributed by atoms with van der Waals surface area (Å²) in [6.07, 6.45) is 0. The van der Waals surface area contributed by atoms with Gasteiger partial charge in [-0.2, -0.15) is 10.5 Å². The highest BCUT2D eigenvalue weighted by Crippen LogP contribution is 2.42. The van der Waals surface area contributed by atoms with Gasteiger partial charge in [-0.15, -0.1) is 0 Å². The molecule has 0 aliphatic heterocycles. The minimum absolute atomic E-state index is 0.502. The van der Waals surface area contributed by atoms with Gasteiger partial charge < -0.3 is 8.83 Å². The molecule has 48 heavy (non-hydrogen) atoms. The summed E-state index contributed by atoms with van der Waals surface area (Å²) in [4.78, 5) is 0. The van der Waals surface area contributed by atoms with Crippen molar-refractivity contribution in [3.63, 3.8) is 0 Å². The van der Waals surface area contributed by atoms with Crippen LogP contribution in [0.1, 0.15) is 11.1 Å². The first-order valence-electron chi connectivity index (χ1n) is 15.7. The van der Waals surface area contributed by atoms with Gasteiger partial charge in [0.05, 0.1) is 11.1 Å². The van der Waals surface area contributed by atoms with Crippen molar-refractivity contribution in [2.45, 2.75) is 0 Å². The molecule has 0 aliphatic rings. The fourth-order valence-corrected chi connectivity index (χ4v) is 6.92. The van der Waals surface area contributed by atoms with Crippen LogP contribution < -0.4 is 0 Å². The molecule has 0 N–H and O–H groups in total. The maximum atomic E-state index is 10.8. The van der Waals surface area contributed by atoms with Gasteiger partial charge in [0.25, 0.3) is 0 Å². The highest BCUT2D eigenvalue weighted by atomic mass is 16.3. The molecule has 0 unspecified atom stereocenters. The van der Waals surface area contributed by atoms with Crippen molar-refractivity contribution in [3.8, 4) is 56.6 Å². The SMILES string of the molecule is N#Cc1c(-c2ccccc2)cccc1-c1cc(-c2ccc3oc4ccccc4c3c2)cc(-c2ccc3oc4ccccc4c3c2)c1C#N. The molecule has 0 aliphatic carbocycles. The summed E-state index contributed by atoms with van der Waals surface area (Å²) in [5.74, 6) is 0. The third kappa shape index (κ3) is 4.29. The molecular formula is C44H24N2O2. The zero-order valence-corrected chi connectivity index (χ0v) is 25.6. The second-order valence-electron chi connectivity index (χ2n) is 11.9. The van der Waals surface area contributed by atoms with Crippen molar-refractivity contribution in [2.75, 3.05) is 0 Å². The summed E-state index contributed by atoms with van der Waals surface area (Å²) in [5.41, 5.74) is 11.0. The minimum Gasteiger partial charge on any atom is -0.456 e. The Balaban J connectivity index is 1.34. The Morgan fingerprint density at radius 2 is 0.854 bits per heavy atom. The molecule has 0 spiro atoms. The van der Waals surface area contributed by atoms with Crippen LogP contribution in [0.2, 0.25) is 0 Å². The Bertz CT molecular complexity index is 2810. The Morgan fingerprint density at radius 1 is 0.333 bits per heavy atom. The van der Waals surface area contributed by atoms with Crippen LogP contribution in [0, 0.1) is 22.7 Å². The number of rotatable bonds is 4. The van der Waals surface area contributed by atoms with Gasteiger partial charge in [0, 0.05) is 43.8 Å². The summed E-state index contributed by atoms with van der Waals surface area (Å²) in [6, 6.07) is 53.2. The smallest absolute Gasteiger partial charge is 0.135 e. The molecule has 0 radical (unpaired) electrons. The zero-order chi connectivity index (χ0) is 32.2. The largest absolute Gasteiger partial charge is 0.456 e. The summed E-state index contributed by atoms with van der Waals surface area (Å²) < 4.78 is 12.3. The maximum absolute atomic E-state index is 10.8. The van der Waals surface area contributed by atoms with E-state index < -0.39 is 0 Å². The van der Waals surface area contributed by atoms with Gasteiger partial charge in [-0.25, -0.2) is 0 Å². The van der Waals surface area contributed by atoms with Gasteiger partial charge in [-0.05, 0) is 70.8 Å². The predicted molar refractivity (Wildman–Crippen MR) is 192 cm³/mol. The monoisotopic (exact) mass is 612 g/mol. The topological polar surface area (TPSA) is 73.9 Å². The first kappa shape index (κ1) is 27.4. The molecular weight excluding hydrogens is 588 g/mol. The lowest BCUT2D eigenvalue weighted by molar-refractivity contribution is 0.668. The van der Waals surface area contributed by atoms with E-state index in [1.807, 2.05) is 109 Å². The molecule has 0 atom stereocenters. The van der Waals surface area contributed by atoms with Crippen LogP contribution in [0.5, 0.6) is 0 Å². The van der Waals surface area contributed by atoms with Crippen LogP contribution in [0.25, 0.3) is 88.4 Å². The van der Waals surface area contributed by atoms with Gasteiger partial charge >= 0.3 is 0 Å². The maximum Gasteiger partial charge on any atom is 0.135 e. The summed E-state index contributed by atoms with van der Waals surface area (Å²) in [6.45, 7) is 0. The average molecular weight is 613 g/mol. The van der Waals surface area contributed by atoms with Crippen molar-refractivity contribution < 1.29 is 8.83 Å². The van der Waals surface area contributed by atoms with Crippen molar-refractivity contribution >= 4 is 43.9 Å². The first-order valence-corrected chi connectivity index (χ1v) is 15.7. The predicted octanol–water partition coefficient (Wildman–Crippen LogP) is 11.9. The molecule has 0 saturated carbocycles. The van der Waals surface area contributed by atoms with Crippen molar-refractivity contribution in [1.82, 2.24) is 0 Å². The van der Waals surface area contributed by atoms with E-state index in [4.69, 9.17) is 8.83 Å². The first-order chi connectivity index (χ1) is 23.7. The average Bonchev–Trinajstić information content (AvgIpc) is 3.72. The molecule has 9 rings (SSSR count). The lowest BCUT2D eigenvalue weighted by Gasteiger charge is -2.17. The van der Waals surface area contributed by atoms with Crippen LogP contribution in [-0.2, 0) is 0 Å². The van der Waals surface area contributed by atoms with E-state index in [0.717, 1.165) is 77.3 Å². The highest BCUT2D eigenvalue weighted by molar-refractivity contribution is 6.08. The number of nitrogens with zero attached hydrogens (tertiary/aromatic N) is 2. The molecule has 9 aromatic rings. The van der Waals surface area contributed by atoms with Gasteiger partial charge in [0.15, 0.2) is 0 Å². The number of nitriles is 2. The Hall–Kier alpha value is -6.88. The zero-order valence-electron chi connectivity index (χ0n) is 25.6. The lowest BCUT2D eigenvalue weighted by atomic mass is 9.85. The van der Waals surface area contributed by atoms with Gasteiger partial charge in [0.2, 0.25) is 0 Å². The molecule has 0 saturated heterocycles. The lowest BCUT2D eigenvalue weighted by Crippen LogP contribution is -1.96. The third-order valence-electron chi connectivity index (χ3n) is 9.20. The van der Waals surface area contributed by atoms with E-state index in [-0.39, 0.29) is 0 Å². The van der Waals surface area contributed by atoms with Gasteiger partial charge in [-0.1, -0.05) is 97.1 Å². The number of hydrogen-bond acceptors (Lipinski definition) is 4. The summed E-state index contributed by atoms with van der Waals surface area (Å²) in [7, 11) is 0. The summed E-state index contributed by atoms with van der Waals surface area (Å²) >= 11 is 0. The Labute approximate surface area is 275 Å². The number of furan rings is 2. The van der Waals surface area contributed by atoms with Gasteiger partial charge in [-0.3, -0.25) is 0 Å². The standard InChI is InChI=1S/C44H24N2O2/c45-25-39-31(27-9-2-1-3-10-27)13-8-14-32(39)36-24-30(28-17-19-43-37(21-28)33-11-4-6-15-41(33)47-43)23-35(40(36)26-46)29-18-20-44-38(22-29)34-12-5-7-16-42(34)48-44/h1-24H. The van der Waals surface area contributed by atoms with Crippen molar-refractivity contribution in [3.05, 3.63) is 157 Å². The van der Waals surface area contributed by atoms with E-state index in [2.05, 4.69) is 48.5 Å². The number of hydrogen-bond donors (Lipinski definition) is 0. The Kier molecular flexibility index (Phi) is 6.22. The molecule has 7 aromatic carbocycles. The fourth-order valence-electron chi connectivity index (χ4n) is 6.92. The van der Waals surface area contributed by atoms with E-state index in [1.54, 1.807) is 0 Å². The van der Waals surface area contributed by atoms with E-state index >= 15 is 0 Å².